The van der Waals surface area contributed by atoms with Gasteiger partial charge in [-0.15, -0.1) is 0 Å². The molecule has 1 aromatic heterocycles. The van der Waals surface area contributed by atoms with Gasteiger partial charge in [0.15, 0.2) is 0 Å². The fraction of sp³-hybridized carbons (Fsp3) is 0.455. The van der Waals surface area contributed by atoms with E-state index in [9.17, 15) is 19.5 Å². The van der Waals surface area contributed by atoms with Crippen LogP contribution in [0.4, 0.5) is 16.2 Å². The van der Waals surface area contributed by atoms with E-state index in [1.165, 1.54) is 4.90 Å². The lowest BCUT2D eigenvalue weighted by Gasteiger charge is -2.40. The average Bonchev–Trinajstić information content (AvgIpc) is 3.42. The number of nitrogens with zero attached hydrogens (tertiary/aromatic N) is 4. The minimum atomic E-state index is -1.12. The second-order valence-electron chi connectivity index (χ2n) is 8.79. The third-order valence-corrected chi connectivity index (χ3v) is 5.73. The van der Waals surface area contributed by atoms with Gasteiger partial charge >= 0.3 is 6.09 Å². The first kappa shape index (κ1) is 20.9. The number of carbonyl (C=O) groups is 3. The van der Waals surface area contributed by atoms with Crippen LogP contribution in [0.25, 0.3) is 11.1 Å². The third kappa shape index (κ3) is 3.87. The zero-order valence-electron chi connectivity index (χ0n) is 17.9. The molecule has 4 rings (SSSR count). The molecule has 2 aliphatic rings. The van der Waals surface area contributed by atoms with Crippen molar-refractivity contribution < 1.29 is 19.5 Å². The van der Waals surface area contributed by atoms with E-state index in [4.69, 9.17) is 5.73 Å². The summed E-state index contributed by atoms with van der Waals surface area (Å²) in [7, 11) is 0. The molecule has 0 bridgehead atoms. The van der Waals surface area contributed by atoms with Gasteiger partial charge in [-0.3, -0.25) is 19.2 Å². The minimum Gasteiger partial charge on any atom is -0.465 e. The predicted molar refractivity (Wildman–Crippen MR) is 116 cm³/mol. The van der Waals surface area contributed by atoms with Gasteiger partial charge in [0.1, 0.15) is 0 Å². The molecule has 164 valence electrons. The highest BCUT2D eigenvalue weighted by molar-refractivity contribution is 6.08. The van der Waals surface area contributed by atoms with Crippen molar-refractivity contribution >= 4 is 29.3 Å². The Kier molecular flexibility index (Phi) is 5.20. The van der Waals surface area contributed by atoms with Crippen molar-refractivity contribution in [1.29, 1.82) is 0 Å². The molecule has 31 heavy (non-hydrogen) atoms. The summed E-state index contributed by atoms with van der Waals surface area (Å²) in [5.41, 5.74) is 7.88. The molecule has 3 N–H and O–H groups in total. The number of rotatable bonds is 5. The lowest BCUT2D eigenvalue weighted by molar-refractivity contribution is -0.119. The lowest BCUT2D eigenvalue weighted by Crippen LogP contribution is -2.52. The number of hydrogen-bond acceptors (Lipinski definition) is 4. The third-order valence-electron chi connectivity index (χ3n) is 5.73. The van der Waals surface area contributed by atoms with E-state index in [1.807, 2.05) is 24.7 Å². The molecule has 0 saturated heterocycles. The first-order valence-corrected chi connectivity index (χ1v) is 10.5. The molecule has 9 nitrogen and oxygen atoms in total. The van der Waals surface area contributed by atoms with Crippen LogP contribution in [0.1, 0.15) is 56.4 Å². The standard InChI is InChI=1S/C22H27N5O4/c1-12(2)6-20(28)27-13(3)10-25(22(30)31)18-7-16(17(21(23)29)8-19(18)27)14-9-24-26(11-14)15-4-5-15/h7-9,11-13,15H,4-6,10H2,1-3H3,(H2,23,29)(H,30,31)/t13-/m0/s1. The minimum absolute atomic E-state index is 0.112. The number of anilines is 2. The number of benzene rings is 1. The largest absolute Gasteiger partial charge is 0.465 e. The highest BCUT2D eigenvalue weighted by Gasteiger charge is 2.36. The molecule has 1 atom stereocenters. The first-order valence-electron chi connectivity index (χ1n) is 10.5. The molecule has 0 spiro atoms. The second kappa shape index (κ2) is 7.72. The van der Waals surface area contributed by atoms with Crippen LogP contribution in [0, 0.1) is 5.92 Å². The molecule has 1 aliphatic carbocycles. The molecular weight excluding hydrogens is 398 g/mol. The zero-order chi connectivity index (χ0) is 22.4. The number of amides is 3. The van der Waals surface area contributed by atoms with E-state index in [0.29, 0.717) is 35.0 Å². The quantitative estimate of drug-likeness (QED) is 0.761. The Morgan fingerprint density at radius 3 is 2.52 bits per heavy atom. The number of carboxylic acid groups (broad SMARTS) is 1. The van der Waals surface area contributed by atoms with E-state index < -0.39 is 12.0 Å². The summed E-state index contributed by atoms with van der Waals surface area (Å²) in [6.45, 7) is 5.84. The predicted octanol–water partition coefficient (Wildman–Crippen LogP) is 3.25. The lowest BCUT2D eigenvalue weighted by atomic mass is 9.96. The topological polar surface area (TPSA) is 122 Å². The smallest absolute Gasteiger partial charge is 0.411 e. The molecule has 2 aromatic rings. The zero-order valence-corrected chi connectivity index (χ0v) is 17.9. The molecule has 3 amide bonds. The van der Waals surface area contributed by atoms with Crippen LogP contribution in [-0.2, 0) is 4.79 Å². The van der Waals surface area contributed by atoms with Crippen LogP contribution in [0.15, 0.2) is 24.5 Å². The summed E-state index contributed by atoms with van der Waals surface area (Å²) in [5.74, 6) is -0.615. The van der Waals surface area contributed by atoms with Gasteiger partial charge < -0.3 is 15.7 Å². The van der Waals surface area contributed by atoms with Gasteiger partial charge in [-0.05, 0) is 43.4 Å². The van der Waals surface area contributed by atoms with Crippen molar-refractivity contribution in [3.05, 3.63) is 30.1 Å². The summed E-state index contributed by atoms with van der Waals surface area (Å²) in [5, 5.41) is 14.2. The Balaban J connectivity index is 1.88. The van der Waals surface area contributed by atoms with Gasteiger partial charge in [0.25, 0.3) is 0 Å². The molecular formula is C22H27N5O4. The Labute approximate surface area is 180 Å². The Bertz CT molecular complexity index is 1060. The van der Waals surface area contributed by atoms with Gasteiger partial charge in [-0.2, -0.15) is 5.10 Å². The van der Waals surface area contributed by atoms with Crippen molar-refractivity contribution in [1.82, 2.24) is 9.78 Å². The van der Waals surface area contributed by atoms with Gasteiger partial charge in [-0.1, -0.05) is 13.8 Å². The fourth-order valence-electron chi connectivity index (χ4n) is 4.14. The van der Waals surface area contributed by atoms with Gasteiger partial charge in [0.2, 0.25) is 11.8 Å². The number of primary amides is 1. The highest BCUT2D eigenvalue weighted by Crippen LogP contribution is 2.42. The van der Waals surface area contributed by atoms with Crippen LogP contribution in [-0.4, -0.2) is 45.4 Å². The number of carbonyl (C=O) groups excluding carboxylic acids is 2. The SMILES string of the molecule is CC(C)CC(=O)N1c2cc(C(N)=O)c(-c3cnn(C4CC4)c3)cc2N(C(=O)O)C[C@@H]1C. The summed E-state index contributed by atoms with van der Waals surface area (Å²) >= 11 is 0. The van der Waals surface area contributed by atoms with Gasteiger partial charge in [0.05, 0.1) is 29.7 Å². The van der Waals surface area contributed by atoms with E-state index >= 15 is 0 Å². The van der Waals surface area contributed by atoms with E-state index in [-0.39, 0.29) is 30.0 Å². The monoisotopic (exact) mass is 425 g/mol. The van der Waals surface area contributed by atoms with Crippen molar-refractivity contribution in [2.45, 2.75) is 52.1 Å². The maximum atomic E-state index is 13.0. The van der Waals surface area contributed by atoms with E-state index in [2.05, 4.69) is 5.10 Å². The number of hydrogen-bond donors (Lipinski definition) is 2. The normalized spacial score (nSPS) is 18.3. The molecule has 0 radical (unpaired) electrons. The van der Waals surface area contributed by atoms with Crippen molar-refractivity contribution in [3.8, 4) is 11.1 Å². The molecule has 1 saturated carbocycles. The Morgan fingerprint density at radius 1 is 1.23 bits per heavy atom. The summed E-state index contributed by atoms with van der Waals surface area (Å²) in [6.07, 6.45) is 4.83. The second-order valence-corrected chi connectivity index (χ2v) is 8.79. The van der Waals surface area contributed by atoms with E-state index in [1.54, 1.807) is 30.2 Å². The maximum Gasteiger partial charge on any atom is 0.411 e. The van der Waals surface area contributed by atoms with Crippen molar-refractivity contribution in [2.75, 3.05) is 16.3 Å². The van der Waals surface area contributed by atoms with Crippen LogP contribution in [0.5, 0.6) is 0 Å². The first-order chi connectivity index (χ1) is 14.7. The Morgan fingerprint density at radius 2 is 1.94 bits per heavy atom. The molecule has 1 fully saturated rings. The molecule has 2 heterocycles. The summed E-state index contributed by atoms with van der Waals surface area (Å²) < 4.78 is 1.86. The fourth-order valence-corrected chi connectivity index (χ4v) is 4.14. The van der Waals surface area contributed by atoms with Gasteiger partial charge in [-0.25, -0.2) is 4.79 Å². The van der Waals surface area contributed by atoms with E-state index in [0.717, 1.165) is 12.8 Å². The van der Waals surface area contributed by atoms with Crippen molar-refractivity contribution in [3.63, 3.8) is 0 Å². The van der Waals surface area contributed by atoms with Gasteiger partial charge in [0, 0.05) is 30.3 Å². The molecule has 0 unspecified atom stereocenters. The van der Waals surface area contributed by atoms with Crippen molar-refractivity contribution in [2.24, 2.45) is 11.7 Å². The maximum absolute atomic E-state index is 13.0. The average molecular weight is 425 g/mol. The number of aromatic nitrogens is 2. The summed E-state index contributed by atoms with van der Waals surface area (Å²) in [4.78, 5) is 40.2. The highest BCUT2D eigenvalue weighted by atomic mass is 16.4. The van der Waals surface area contributed by atoms with Crippen LogP contribution in [0.2, 0.25) is 0 Å². The summed E-state index contributed by atoms with van der Waals surface area (Å²) in [6, 6.07) is 3.17. The van der Waals surface area contributed by atoms with Crippen LogP contribution < -0.4 is 15.5 Å². The number of nitrogens with two attached hydrogens (primary N) is 1. The van der Waals surface area contributed by atoms with Crippen LogP contribution >= 0.6 is 0 Å². The number of fused-ring (bicyclic) bond motifs is 1. The molecule has 1 aliphatic heterocycles. The molecule has 1 aromatic carbocycles. The molecule has 9 heteroatoms. The Hall–Kier alpha value is -3.36. The van der Waals surface area contributed by atoms with Crippen LogP contribution in [0.3, 0.4) is 0 Å².